The van der Waals surface area contributed by atoms with Crippen LogP contribution < -0.4 is 0 Å². The zero-order valence-corrected chi connectivity index (χ0v) is 19.7. The molecule has 1 atom stereocenters. The van der Waals surface area contributed by atoms with Gasteiger partial charge in [0.15, 0.2) is 5.76 Å². The quantitative estimate of drug-likeness (QED) is 0.410. The van der Waals surface area contributed by atoms with E-state index in [0.29, 0.717) is 24.1 Å². The van der Waals surface area contributed by atoms with Crippen molar-refractivity contribution in [2.75, 3.05) is 13.8 Å². The molecule has 7 heteroatoms. The van der Waals surface area contributed by atoms with E-state index in [1.54, 1.807) is 30.3 Å². The number of ether oxygens (including phenoxy) is 2. The predicted molar refractivity (Wildman–Crippen MR) is 133 cm³/mol. The average molecular weight is 470 g/mol. The number of aromatic nitrogens is 2. The van der Waals surface area contributed by atoms with E-state index < -0.39 is 6.04 Å². The van der Waals surface area contributed by atoms with Crippen LogP contribution in [0, 0.1) is 6.92 Å². The second-order valence-corrected chi connectivity index (χ2v) is 8.82. The van der Waals surface area contributed by atoms with Crippen LogP contribution >= 0.6 is 0 Å². The molecule has 1 aliphatic rings. The largest absolute Gasteiger partial charge is 0.507 e. The maximum atomic E-state index is 13.6. The topological polar surface area (TPSA) is 87.7 Å². The van der Waals surface area contributed by atoms with E-state index in [-0.39, 0.29) is 24.0 Å². The van der Waals surface area contributed by atoms with E-state index in [0.717, 1.165) is 22.2 Å². The van der Waals surface area contributed by atoms with Crippen molar-refractivity contribution in [2.45, 2.75) is 25.8 Å². The molecule has 0 spiro atoms. The van der Waals surface area contributed by atoms with Gasteiger partial charge in [-0.25, -0.2) is 0 Å². The third kappa shape index (κ3) is 4.71. The number of aryl methyl sites for hydroxylation is 1. The number of hydrogen-bond donors (Lipinski definition) is 2. The Morgan fingerprint density at radius 3 is 2.66 bits per heavy atom. The monoisotopic (exact) mass is 469 g/mol. The summed E-state index contributed by atoms with van der Waals surface area (Å²) in [7, 11) is 1.71. The number of amides is 1. The van der Waals surface area contributed by atoms with Crippen molar-refractivity contribution in [1.82, 2.24) is 15.1 Å². The van der Waals surface area contributed by atoms with Crippen LogP contribution in [0.5, 0.6) is 5.75 Å². The van der Waals surface area contributed by atoms with Crippen molar-refractivity contribution >= 4 is 16.8 Å². The van der Waals surface area contributed by atoms with Crippen LogP contribution in [-0.2, 0) is 22.3 Å². The Labute approximate surface area is 203 Å². The van der Waals surface area contributed by atoms with E-state index in [1.807, 2.05) is 36.4 Å². The van der Waals surface area contributed by atoms with Crippen LogP contribution in [0.4, 0.5) is 0 Å². The van der Waals surface area contributed by atoms with Crippen molar-refractivity contribution in [3.05, 3.63) is 107 Å². The molecule has 0 radical (unpaired) electrons. The molecule has 7 nitrogen and oxygen atoms in total. The fourth-order valence-electron chi connectivity index (χ4n) is 4.45. The van der Waals surface area contributed by atoms with Gasteiger partial charge in [-0.1, -0.05) is 60.2 Å². The number of phenols is 1. The molecular formula is C28H27N3O4. The number of rotatable bonds is 7. The van der Waals surface area contributed by atoms with Crippen molar-refractivity contribution < 1.29 is 19.4 Å². The van der Waals surface area contributed by atoms with Gasteiger partial charge in [0.1, 0.15) is 12.0 Å². The second kappa shape index (κ2) is 9.54. The van der Waals surface area contributed by atoms with Gasteiger partial charge < -0.3 is 19.5 Å². The van der Waals surface area contributed by atoms with Crippen molar-refractivity contribution in [2.24, 2.45) is 0 Å². The third-order valence-electron chi connectivity index (χ3n) is 6.32. The number of H-pyrrole nitrogens is 1. The highest BCUT2D eigenvalue weighted by Gasteiger charge is 2.30. The highest BCUT2D eigenvalue weighted by Crippen LogP contribution is 2.30. The molecule has 3 aromatic carbocycles. The van der Waals surface area contributed by atoms with Crippen molar-refractivity contribution in [3.8, 4) is 5.75 Å². The summed E-state index contributed by atoms with van der Waals surface area (Å²) < 4.78 is 10.9. The van der Waals surface area contributed by atoms with Crippen LogP contribution in [0.15, 0.2) is 78.8 Å². The Balaban J connectivity index is 1.47. The summed E-state index contributed by atoms with van der Waals surface area (Å²) in [5.41, 5.74) is 5.07. The molecule has 0 saturated carbocycles. The van der Waals surface area contributed by atoms with Gasteiger partial charge in [-0.05, 0) is 24.1 Å². The number of benzene rings is 3. The van der Waals surface area contributed by atoms with Gasteiger partial charge in [0, 0.05) is 31.3 Å². The van der Waals surface area contributed by atoms with Crippen LogP contribution in [-0.4, -0.2) is 46.0 Å². The van der Waals surface area contributed by atoms with Crippen molar-refractivity contribution in [1.29, 1.82) is 0 Å². The van der Waals surface area contributed by atoms with Crippen LogP contribution in [0.2, 0.25) is 0 Å². The fraction of sp³-hybridized carbons (Fsp3) is 0.214. The molecule has 5 rings (SSSR count). The van der Waals surface area contributed by atoms with E-state index in [4.69, 9.17) is 9.47 Å². The molecule has 4 aromatic rings. The second-order valence-electron chi connectivity index (χ2n) is 8.82. The Kier molecular flexibility index (Phi) is 6.14. The van der Waals surface area contributed by atoms with Crippen LogP contribution in [0.3, 0.4) is 0 Å². The maximum absolute atomic E-state index is 13.6. The molecule has 178 valence electrons. The number of likely N-dealkylation sites (N-methyl/N-ethyl adjacent to an activating group) is 1. The molecule has 1 aliphatic heterocycles. The number of nitrogens with one attached hydrogen (secondary N) is 1. The predicted octanol–water partition coefficient (Wildman–Crippen LogP) is 4.70. The lowest BCUT2D eigenvalue weighted by molar-refractivity contribution is 0.0534. The summed E-state index contributed by atoms with van der Waals surface area (Å²) >= 11 is 0. The van der Waals surface area contributed by atoms with Gasteiger partial charge >= 0.3 is 0 Å². The molecule has 0 saturated heterocycles. The van der Waals surface area contributed by atoms with Gasteiger partial charge in [0.2, 0.25) is 6.79 Å². The van der Waals surface area contributed by atoms with E-state index >= 15 is 0 Å². The Morgan fingerprint density at radius 1 is 1.11 bits per heavy atom. The van der Waals surface area contributed by atoms with Crippen molar-refractivity contribution in [3.63, 3.8) is 0 Å². The molecule has 35 heavy (non-hydrogen) atoms. The minimum absolute atomic E-state index is 0.101. The minimum atomic E-state index is -0.390. The number of hydrogen-bond acceptors (Lipinski definition) is 5. The number of aromatic amines is 1. The van der Waals surface area contributed by atoms with E-state index in [9.17, 15) is 9.90 Å². The Hall–Kier alpha value is -4.26. The third-order valence-corrected chi connectivity index (χ3v) is 6.32. The lowest BCUT2D eigenvalue weighted by Gasteiger charge is -2.28. The lowest BCUT2D eigenvalue weighted by atomic mass is 10.0. The first kappa shape index (κ1) is 22.5. The minimum Gasteiger partial charge on any atom is -0.507 e. The summed E-state index contributed by atoms with van der Waals surface area (Å²) in [6.45, 7) is 2.18. The number of aromatic hydroxyl groups is 1. The van der Waals surface area contributed by atoms with Gasteiger partial charge in [0.25, 0.3) is 5.91 Å². The first-order valence-corrected chi connectivity index (χ1v) is 11.5. The van der Waals surface area contributed by atoms with Gasteiger partial charge in [0.05, 0.1) is 22.8 Å². The SMILES string of the molecule is Cc1cccc(Cc2n[nH]c3cc(O)c(C(=O)N(C)C(Cc4ccccc4)C4=COCO4)cc23)c1. The molecule has 2 heterocycles. The number of fused-ring (bicyclic) bond motifs is 1. The normalized spacial score (nSPS) is 13.7. The van der Waals surface area contributed by atoms with Crippen LogP contribution in [0.25, 0.3) is 10.9 Å². The standard InChI is InChI=1S/C28H27N3O4/c1-18-7-6-10-20(11-18)12-23-21-14-22(26(32)15-24(21)30-29-23)28(33)31(2)25(27-16-34-17-35-27)13-19-8-4-3-5-9-19/h3-11,14-16,25,32H,12-13,17H2,1-2H3,(H,29,30). The molecule has 0 bridgehead atoms. The fourth-order valence-corrected chi connectivity index (χ4v) is 4.45. The Morgan fingerprint density at radius 2 is 1.91 bits per heavy atom. The molecule has 1 aromatic heterocycles. The first-order chi connectivity index (χ1) is 17.0. The lowest BCUT2D eigenvalue weighted by Crippen LogP contribution is -2.40. The van der Waals surface area contributed by atoms with E-state index in [2.05, 4.69) is 35.3 Å². The maximum Gasteiger partial charge on any atom is 0.258 e. The van der Waals surface area contributed by atoms with Gasteiger partial charge in [-0.15, -0.1) is 0 Å². The summed E-state index contributed by atoms with van der Waals surface area (Å²) in [6, 6.07) is 21.0. The van der Waals surface area contributed by atoms with Gasteiger partial charge in [-0.3, -0.25) is 9.89 Å². The summed E-state index contributed by atoms with van der Waals surface area (Å²) in [5.74, 6) is 0.161. The summed E-state index contributed by atoms with van der Waals surface area (Å²) in [4.78, 5) is 15.2. The molecule has 0 aliphatic carbocycles. The molecule has 1 amide bonds. The number of carbonyl (C=O) groups excluding carboxylic acids is 1. The average Bonchev–Trinajstić information content (AvgIpc) is 3.52. The molecule has 0 fully saturated rings. The highest BCUT2D eigenvalue weighted by atomic mass is 16.7. The smallest absolute Gasteiger partial charge is 0.258 e. The van der Waals surface area contributed by atoms with Crippen LogP contribution in [0.1, 0.15) is 32.7 Å². The van der Waals surface area contributed by atoms with E-state index in [1.165, 1.54) is 5.56 Å². The number of phenolic OH excluding ortho intramolecular Hbond substituents is 1. The summed E-state index contributed by atoms with van der Waals surface area (Å²) in [6.07, 6.45) is 2.71. The molecule has 1 unspecified atom stereocenters. The zero-order valence-electron chi connectivity index (χ0n) is 19.7. The summed E-state index contributed by atoms with van der Waals surface area (Å²) in [5, 5.41) is 19.0. The molecule has 2 N–H and O–H groups in total. The first-order valence-electron chi connectivity index (χ1n) is 11.5. The molecular weight excluding hydrogens is 442 g/mol. The zero-order chi connectivity index (χ0) is 24.4. The highest BCUT2D eigenvalue weighted by molar-refractivity contribution is 6.01. The van der Waals surface area contributed by atoms with Gasteiger partial charge in [-0.2, -0.15) is 5.10 Å². The number of nitrogens with zero attached hydrogens (tertiary/aromatic N) is 2. The number of carbonyl (C=O) groups is 1. The Bertz CT molecular complexity index is 1390.